The molecule has 0 saturated heterocycles. The number of carbonyl (C=O) groups excluding carboxylic acids is 1. The number of nitrogens with zero attached hydrogens (tertiary/aromatic N) is 3. The minimum Gasteiger partial charge on any atom is -0.368 e. The summed E-state index contributed by atoms with van der Waals surface area (Å²) in [7, 11) is 1.89. The molecule has 6 nitrogen and oxygen atoms in total. The molecule has 1 unspecified atom stereocenters. The topological polar surface area (TPSA) is 85.8 Å². The number of aryl methyl sites for hydroxylation is 1. The smallest absolute Gasteiger partial charge is 0.234 e. The molecule has 1 rings (SSSR count). The van der Waals surface area contributed by atoms with E-state index >= 15 is 0 Å². The summed E-state index contributed by atoms with van der Waals surface area (Å²) in [5.74, 6) is 0.470. The molecule has 1 aromatic heterocycles. The van der Waals surface area contributed by atoms with Gasteiger partial charge in [0.15, 0.2) is 5.16 Å². The number of thioether (sulfide) groups is 1. The minimum atomic E-state index is -0.308. The molecule has 0 saturated carbocycles. The van der Waals surface area contributed by atoms with E-state index < -0.39 is 0 Å². The first kappa shape index (κ1) is 14.0. The third-order valence-corrected chi connectivity index (χ3v) is 3.25. The molecule has 1 amide bonds. The van der Waals surface area contributed by atoms with Crippen LogP contribution in [0.2, 0.25) is 0 Å². The number of aromatic nitrogens is 3. The van der Waals surface area contributed by atoms with E-state index in [-0.39, 0.29) is 18.0 Å². The first-order valence-corrected chi connectivity index (χ1v) is 6.51. The summed E-state index contributed by atoms with van der Waals surface area (Å²) >= 11 is 1.57. The van der Waals surface area contributed by atoms with Gasteiger partial charge in [-0.15, -0.1) is 10.2 Å². The molecule has 0 spiro atoms. The Kier molecular flexibility index (Phi) is 5.43. The third kappa shape index (κ3) is 4.74. The Morgan fingerprint density at radius 3 is 2.82 bits per heavy atom. The molecule has 0 aromatic carbocycles. The Bertz CT molecular complexity index is 365. The van der Waals surface area contributed by atoms with Crippen molar-refractivity contribution >= 4 is 17.7 Å². The first-order valence-electron chi connectivity index (χ1n) is 5.53. The van der Waals surface area contributed by atoms with E-state index in [1.165, 1.54) is 0 Å². The van der Waals surface area contributed by atoms with Crippen molar-refractivity contribution in [3.05, 3.63) is 6.33 Å². The molecule has 96 valence electrons. The van der Waals surface area contributed by atoms with Crippen LogP contribution < -0.4 is 11.1 Å². The van der Waals surface area contributed by atoms with Gasteiger partial charge in [-0.25, -0.2) is 0 Å². The molecule has 1 atom stereocenters. The first-order chi connectivity index (χ1) is 8.00. The van der Waals surface area contributed by atoms with Crippen LogP contribution in [0.3, 0.4) is 0 Å². The molecular weight excluding hydrogens is 238 g/mol. The minimum absolute atomic E-state index is 0.243. The molecular formula is C10H19N5OS. The van der Waals surface area contributed by atoms with Crippen LogP contribution >= 0.6 is 11.8 Å². The second kappa shape index (κ2) is 6.61. The number of carbonyl (C=O) groups is 1. The number of nitrogens with two attached hydrogens (primary N) is 1. The fraction of sp³-hybridized carbons (Fsp3) is 0.700. The molecule has 0 aliphatic rings. The monoisotopic (exact) mass is 257 g/mol. The Morgan fingerprint density at radius 2 is 2.35 bits per heavy atom. The summed E-state index contributed by atoms with van der Waals surface area (Å²) in [6.45, 7) is 3.98. The SMILES string of the molecule is CC(C)NC(CCSc1nncn1C)C(N)=O. The number of primary amides is 1. The van der Waals surface area contributed by atoms with Crippen LogP contribution in [0.25, 0.3) is 0 Å². The summed E-state index contributed by atoms with van der Waals surface area (Å²) in [5, 5.41) is 11.7. The summed E-state index contributed by atoms with van der Waals surface area (Å²) < 4.78 is 1.85. The number of hydrogen-bond acceptors (Lipinski definition) is 5. The normalized spacial score (nSPS) is 12.9. The third-order valence-electron chi connectivity index (χ3n) is 2.19. The van der Waals surface area contributed by atoms with Gasteiger partial charge in [0.1, 0.15) is 6.33 Å². The molecule has 1 heterocycles. The van der Waals surface area contributed by atoms with Crippen LogP contribution in [-0.4, -0.2) is 38.5 Å². The largest absolute Gasteiger partial charge is 0.368 e. The van der Waals surface area contributed by atoms with Crippen LogP contribution in [0, 0.1) is 0 Å². The molecule has 0 bridgehead atoms. The molecule has 17 heavy (non-hydrogen) atoms. The zero-order chi connectivity index (χ0) is 12.8. The van der Waals surface area contributed by atoms with Gasteiger partial charge in [0.25, 0.3) is 0 Å². The van der Waals surface area contributed by atoms with Crippen LogP contribution in [0.15, 0.2) is 11.5 Å². The predicted molar refractivity (Wildman–Crippen MR) is 67.6 cm³/mol. The number of nitrogens with one attached hydrogen (secondary N) is 1. The highest BCUT2D eigenvalue weighted by Crippen LogP contribution is 2.15. The molecule has 0 aliphatic heterocycles. The van der Waals surface area contributed by atoms with Gasteiger partial charge in [-0.3, -0.25) is 4.79 Å². The maximum absolute atomic E-state index is 11.2. The molecule has 1 aromatic rings. The average Bonchev–Trinajstić information content (AvgIpc) is 2.62. The van der Waals surface area contributed by atoms with Gasteiger partial charge >= 0.3 is 0 Å². The molecule has 3 N–H and O–H groups in total. The van der Waals surface area contributed by atoms with E-state index in [2.05, 4.69) is 15.5 Å². The van der Waals surface area contributed by atoms with Gasteiger partial charge in [0, 0.05) is 18.8 Å². The van der Waals surface area contributed by atoms with E-state index in [1.54, 1.807) is 18.1 Å². The van der Waals surface area contributed by atoms with E-state index in [0.717, 1.165) is 10.9 Å². The van der Waals surface area contributed by atoms with Crippen molar-refractivity contribution in [3.8, 4) is 0 Å². The second-order valence-electron chi connectivity index (χ2n) is 4.14. The maximum Gasteiger partial charge on any atom is 0.234 e. The van der Waals surface area contributed by atoms with Crippen molar-refractivity contribution in [2.24, 2.45) is 12.8 Å². The van der Waals surface area contributed by atoms with Crippen molar-refractivity contribution in [2.75, 3.05) is 5.75 Å². The Labute approximate surface area is 105 Å². The fourth-order valence-corrected chi connectivity index (χ4v) is 2.27. The van der Waals surface area contributed by atoms with Gasteiger partial charge in [-0.2, -0.15) is 0 Å². The van der Waals surface area contributed by atoms with Gasteiger partial charge < -0.3 is 15.6 Å². The van der Waals surface area contributed by atoms with Gasteiger partial charge in [0.2, 0.25) is 5.91 Å². The zero-order valence-electron chi connectivity index (χ0n) is 10.4. The predicted octanol–water partition coefficient (Wildman–Crippen LogP) is 0.149. The standard InChI is InChI=1S/C10H19N5OS/c1-7(2)13-8(9(11)16)4-5-17-10-14-12-6-15(10)3/h6-8,13H,4-5H2,1-3H3,(H2,11,16). The number of hydrogen-bond donors (Lipinski definition) is 2. The van der Waals surface area contributed by atoms with Crippen molar-refractivity contribution < 1.29 is 4.79 Å². The number of rotatable bonds is 7. The fourth-order valence-electron chi connectivity index (χ4n) is 1.38. The van der Waals surface area contributed by atoms with Gasteiger partial charge in [0.05, 0.1) is 6.04 Å². The lowest BCUT2D eigenvalue weighted by molar-refractivity contribution is -0.120. The van der Waals surface area contributed by atoms with Crippen LogP contribution in [0.4, 0.5) is 0 Å². The quantitative estimate of drug-likeness (QED) is 0.679. The van der Waals surface area contributed by atoms with Crippen LogP contribution in [-0.2, 0) is 11.8 Å². The molecule has 0 radical (unpaired) electrons. The lowest BCUT2D eigenvalue weighted by Crippen LogP contribution is -2.44. The van der Waals surface area contributed by atoms with E-state index in [4.69, 9.17) is 5.73 Å². The van der Waals surface area contributed by atoms with Crippen molar-refractivity contribution in [3.63, 3.8) is 0 Å². The highest BCUT2D eigenvalue weighted by atomic mass is 32.2. The number of amides is 1. The lowest BCUT2D eigenvalue weighted by Gasteiger charge is -2.17. The Hall–Kier alpha value is -1.08. The van der Waals surface area contributed by atoms with E-state index in [9.17, 15) is 4.79 Å². The van der Waals surface area contributed by atoms with Crippen molar-refractivity contribution in [1.29, 1.82) is 0 Å². The van der Waals surface area contributed by atoms with Crippen LogP contribution in [0.1, 0.15) is 20.3 Å². The Balaban J connectivity index is 2.37. The summed E-state index contributed by atoms with van der Waals surface area (Å²) in [6, 6.07) is -0.0388. The average molecular weight is 257 g/mol. The van der Waals surface area contributed by atoms with Crippen LogP contribution in [0.5, 0.6) is 0 Å². The van der Waals surface area contributed by atoms with E-state index in [0.29, 0.717) is 6.42 Å². The zero-order valence-corrected chi connectivity index (χ0v) is 11.2. The molecule has 7 heteroatoms. The highest BCUT2D eigenvalue weighted by molar-refractivity contribution is 7.99. The summed E-state index contributed by atoms with van der Waals surface area (Å²) in [5.41, 5.74) is 5.33. The van der Waals surface area contributed by atoms with Crippen molar-refractivity contribution in [1.82, 2.24) is 20.1 Å². The molecule has 0 aliphatic carbocycles. The second-order valence-corrected chi connectivity index (χ2v) is 5.20. The highest BCUT2D eigenvalue weighted by Gasteiger charge is 2.16. The van der Waals surface area contributed by atoms with Crippen molar-refractivity contribution in [2.45, 2.75) is 37.5 Å². The van der Waals surface area contributed by atoms with Gasteiger partial charge in [-0.1, -0.05) is 25.6 Å². The lowest BCUT2D eigenvalue weighted by atomic mass is 10.2. The molecule has 0 fully saturated rings. The Morgan fingerprint density at radius 1 is 1.65 bits per heavy atom. The maximum atomic E-state index is 11.2. The van der Waals surface area contributed by atoms with Gasteiger partial charge in [-0.05, 0) is 6.42 Å². The summed E-state index contributed by atoms with van der Waals surface area (Å²) in [4.78, 5) is 11.2. The van der Waals surface area contributed by atoms with E-state index in [1.807, 2.05) is 25.5 Å². The summed E-state index contributed by atoms with van der Waals surface area (Å²) in [6.07, 6.45) is 2.34.